The molecule has 112 valence electrons. The van der Waals surface area contributed by atoms with E-state index in [4.69, 9.17) is 4.42 Å². The molecule has 0 radical (unpaired) electrons. The Bertz CT molecular complexity index is 605. The van der Waals surface area contributed by atoms with Crippen LogP contribution in [-0.4, -0.2) is 13.1 Å². The summed E-state index contributed by atoms with van der Waals surface area (Å²) in [5.41, 5.74) is 3.75. The Morgan fingerprint density at radius 1 is 1.24 bits per heavy atom. The van der Waals surface area contributed by atoms with Crippen molar-refractivity contribution < 1.29 is 4.42 Å². The van der Waals surface area contributed by atoms with E-state index in [1.54, 1.807) is 5.57 Å². The van der Waals surface area contributed by atoms with Gasteiger partial charge in [0, 0.05) is 17.5 Å². The summed E-state index contributed by atoms with van der Waals surface area (Å²) in [5, 5.41) is 4.73. The maximum absolute atomic E-state index is 5.68. The number of fused-ring (bicyclic) bond motifs is 1. The van der Waals surface area contributed by atoms with Crippen LogP contribution < -0.4 is 5.32 Å². The fourth-order valence-corrected chi connectivity index (χ4v) is 3.37. The number of hydrogen-bond acceptors (Lipinski definition) is 2. The van der Waals surface area contributed by atoms with Gasteiger partial charge in [0.25, 0.3) is 0 Å². The maximum Gasteiger partial charge on any atom is 0.134 e. The molecule has 1 heterocycles. The predicted molar refractivity (Wildman–Crippen MR) is 89.3 cm³/mol. The summed E-state index contributed by atoms with van der Waals surface area (Å²) in [6, 6.07) is 8.30. The molecule has 0 unspecified atom stereocenters. The van der Waals surface area contributed by atoms with Crippen molar-refractivity contribution in [2.24, 2.45) is 5.92 Å². The van der Waals surface area contributed by atoms with Crippen LogP contribution in [0.25, 0.3) is 17.0 Å². The Labute approximate surface area is 127 Å². The van der Waals surface area contributed by atoms with E-state index in [9.17, 15) is 0 Å². The van der Waals surface area contributed by atoms with Crippen LogP contribution in [0.15, 0.2) is 40.5 Å². The molecule has 1 aliphatic rings. The predicted octanol–water partition coefficient (Wildman–Crippen LogP) is 5.01. The summed E-state index contributed by atoms with van der Waals surface area (Å²) in [6.07, 6.45) is 11.1. The van der Waals surface area contributed by atoms with Crippen molar-refractivity contribution in [1.82, 2.24) is 5.32 Å². The third-order valence-electron chi connectivity index (χ3n) is 4.56. The van der Waals surface area contributed by atoms with Crippen LogP contribution in [0.3, 0.4) is 0 Å². The van der Waals surface area contributed by atoms with E-state index in [-0.39, 0.29) is 0 Å². The van der Waals surface area contributed by atoms with Gasteiger partial charge in [-0.15, -0.1) is 0 Å². The zero-order valence-corrected chi connectivity index (χ0v) is 12.9. The van der Waals surface area contributed by atoms with E-state index >= 15 is 0 Å². The molecule has 1 saturated carbocycles. The van der Waals surface area contributed by atoms with Crippen molar-refractivity contribution in [1.29, 1.82) is 0 Å². The molecule has 0 spiro atoms. The van der Waals surface area contributed by atoms with Crippen molar-refractivity contribution >= 4 is 17.0 Å². The second kappa shape index (κ2) is 6.95. The van der Waals surface area contributed by atoms with Crippen molar-refractivity contribution in [2.45, 2.75) is 39.0 Å². The van der Waals surface area contributed by atoms with Gasteiger partial charge in [0.2, 0.25) is 0 Å². The van der Waals surface area contributed by atoms with E-state index in [0.717, 1.165) is 24.6 Å². The molecule has 0 atom stereocenters. The molecule has 1 fully saturated rings. The lowest BCUT2D eigenvalue weighted by molar-refractivity contribution is 0.397. The molecule has 0 aliphatic heterocycles. The van der Waals surface area contributed by atoms with Crippen molar-refractivity contribution in [3.05, 3.63) is 41.7 Å². The van der Waals surface area contributed by atoms with Gasteiger partial charge in [-0.25, -0.2) is 0 Å². The second-order valence-electron chi connectivity index (χ2n) is 6.02. The number of rotatable bonds is 5. The molecule has 3 rings (SSSR count). The van der Waals surface area contributed by atoms with Gasteiger partial charge in [-0.1, -0.05) is 56.0 Å². The first-order valence-corrected chi connectivity index (χ1v) is 8.26. The van der Waals surface area contributed by atoms with Crippen LogP contribution in [0.1, 0.15) is 44.6 Å². The minimum atomic E-state index is 0.742. The van der Waals surface area contributed by atoms with Crippen molar-refractivity contribution in [3.63, 3.8) is 0 Å². The molecule has 2 nitrogen and oxygen atoms in total. The molecule has 2 aromatic rings. The number of para-hydroxylation sites is 1. The Balaban J connectivity index is 1.90. The summed E-state index contributed by atoms with van der Waals surface area (Å²) in [5.74, 6) is 0.742. The van der Waals surface area contributed by atoms with Gasteiger partial charge < -0.3 is 9.73 Å². The van der Waals surface area contributed by atoms with E-state index in [1.165, 1.54) is 43.1 Å². The van der Waals surface area contributed by atoms with Crippen LogP contribution in [0.2, 0.25) is 0 Å². The fraction of sp³-hybridized carbons (Fsp3) is 0.474. The lowest BCUT2D eigenvalue weighted by atomic mass is 9.83. The normalized spacial score (nSPS) is 17.5. The number of hydrogen-bond donors (Lipinski definition) is 1. The van der Waals surface area contributed by atoms with E-state index in [2.05, 4.69) is 30.4 Å². The highest BCUT2D eigenvalue weighted by molar-refractivity contribution is 5.87. The standard InChI is InChI=1S/C19H25NO/c1-2-20-13-16(15-8-4-3-5-9-15)12-17-14-21-19-11-7-6-10-18(17)19/h6-7,10-12,14-15,20H,2-5,8-9,13H2,1H3/b16-12-. The summed E-state index contributed by atoms with van der Waals surface area (Å²) in [4.78, 5) is 0. The summed E-state index contributed by atoms with van der Waals surface area (Å²) in [6.45, 7) is 4.20. The Hall–Kier alpha value is -1.54. The molecule has 1 aliphatic carbocycles. The maximum atomic E-state index is 5.68. The molecular formula is C19H25NO. The molecule has 1 aromatic carbocycles. The molecular weight excluding hydrogens is 258 g/mol. The molecule has 0 amide bonds. The largest absolute Gasteiger partial charge is 0.464 e. The summed E-state index contributed by atoms with van der Waals surface area (Å²) >= 11 is 0. The number of nitrogens with one attached hydrogen (secondary N) is 1. The van der Waals surface area contributed by atoms with Crippen LogP contribution in [0.5, 0.6) is 0 Å². The van der Waals surface area contributed by atoms with E-state index in [0.29, 0.717) is 0 Å². The quantitative estimate of drug-likeness (QED) is 0.834. The highest BCUT2D eigenvalue weighted by atomic mass is 16.3. The number of likely N-dealkylation sites (N-methyl/N-ethyl adjacent to an activating group) is 1. The van der Waals surface area contributed by atoms with Gasteiger partial charge in [0.1, 0.15) is 5.58 Å². The average molecular weight is 283 g/mol. The monoisotopic (exact) mass is 283 g/mol. The minimum Gasteiger partial charge on any atom is -0.464 e. The molecule has 0 saturated heterocycles. The van der Waals surface area contributed by atoms with E-state index < -0.39 is 0 Å². The van der Waals surface area contributed by atoms with Gasteiger partial charge in [0.15, 0.2) is 0 Å². The lowest BCUT2D eigenvalue weighted by Crippen LogP contribution is -2.22. The zero-order valence-electron chi connectivity index (χ0n) is 12.9. The molecule has 2 heteroatoms. The summed E-state index contributed by atoms with van der Waals surface area (Å²) < 4.78 is 5.68. The Kier molecular flexibility index (Phi) is 4.76. The fourth-order valence-electron chi connectivity index (χ4n) is 3.37. The number of furan rings is 1. The molecule has 0 bridgehead atoms. The van der Waals surface area contributed by atoms with Gasteiger partial charge >= 0.3 is 0 Å². The zero-order chi connectivity index (χ0) is 14.5. The lowest BCUT2D eigenvalue weighted by Gasteiger charge is -2.25. The summed E-state index contributed by atoms with van der Waals surface area (Å²) in [7, 11) is 0. The van der Waals surface area contributed by atoms with Crippen LogP contribution in [-0.2, 0) is 0 Å². The second-order valence-corrected chi connectivity index (χ2v) is 6.02. The van der Waals surface area contributed by atoms with Gasteiger partial charge in [-0.2, -0.15) is 0 Å². The SMILES string of the molecule is CCNC/C(=C/c1coc2ccccc12)C1CCCCC1. The topological polar surface area (TPSA) is 25.2 Å². The van der Waals surface area contributed by atoms with Crippen LogP contribution in [0.4, 0.5) is 0 Å². The first-order chi connectivity index (χ1) is 10.4. The highest BCUT2D eigenvalue weighted by Crippen LogP contribution is 2.32. The van der Waals surface area contributed by atoms with Crippen molar-refractivity contribution in [2.75, 3.05) is 13.1 Å². The Morgan fingerprint density at radius 2 is 2.05 bits per heavy atom. The third kappa shape index (κ3) is 3.38. The Morgan fingerprint density at radius 3 is 2.86 bits per heavy atom. The van der Waals surface area contributed by atoms with Gasteiger partial charge in [-0.3, -0.25) is 0 Å². The minimum absolute atomic E-state index is 0.742. The van der Waals surface area contributed by atoms with Crippen molar-refractivity contribution in [3.8, 4) is 0 Å². The molecule has 1 aromatic heterocycles. The average Bonchev–Trinajstić information content (AvgIpc) is 2.95. The van der Waals surface area contributed by atoms with E-state index in [1.807, 2.05) is 18.4 Å². The first-order valence-electron chi connectivity index (χ1n) is 8.26. The van der Waals surface area contributed by atoms with Crippen LogP contribution >= 0.6 is 0 Å². The van der Waals surface area contributed by atoms with Crippen LogP contribution in [0, 0.1) is 5.92 Å². The number of benzene rings is 1. The molecule has 21 heavy (non-hydrogen) atoms. The smallest absolute Gasteiger partial charge is 0.134 e. The first kappa shape index (κ1) is 14.4. The third-order valence-corrected chi connectivity index (χ3v) is 4.56. The van der Waals surface area contributed by atoms with Gasteiger partial charge in [0.05, 0.1) is 6.26 Å². The highest BCUT2D eigenvalue weighted by Gasteiger charge is 2.18. The van der Waals surface area contributed by atoms with Gasteiger partial charge in [-0.05, 0) is 31.4 Å². The molecule has 1 N–H and O–H groups in total.